The Morgan fingerprint density at radius 2 is 1.71 bits per heavy atom. The molecule has 1 saturated heterocycles. The third-order valence-corrected chi connectivity index (χ3v) is 3.32. The summed E-state index contributed by atoms with van der Waals surface area (Å²) >= 11 is 0. The molecule has 1 aliphatic rings. The summed E-state index contributed by atoms with van der Waals surface area (Å²) < 4.78 is 0. The molecule has 17 heavy (non-hydrogen) atoms. The summed E-state index contributed by atoms with van der Waals surface area (Å²) in [6.07, 6.45) is 0. The van der Waals surface area contributed by atoms with Crippen LogP contribution in [0.3, 0.4) is 0 Å². The molecule has 88 valence electrons. The Balaban J connectivity index is 2.14. The third-order valence-electron chi connectivity index (χ3n) is 3.32. The van der Waals surface area contributed by atoms with Gasteiger partial charge < -0.3 is 15.3 Å². The topological polar surface area (TPSA) is 35.5 Å². The summed E-state index contributed by atoms with van der Waals surface area (Å²) in [5, 5.41) is 15.5. The molecule has 2 N–H and O–H groups in total. The van der Waals surface area contributed by atoms with Crippen molar-refractivity contribution in [3.8, 4) is 5.75 Å². The first kappa shape index (κ1) is 10.4. The van der Waals surface area contributed by atoms with E-state index >= 15 is 0 Å². The van der Waals surface area contributed by atoms with Crippen molar-refractivity contribution < 1.29 is 5.11 Å². The molecule has 0 spiro atoms. The van der Waals surface area contributed by atoms with Crippen LogP contribution in [0, 0.1) is 0 Å². The lowest BCUT2D eigenvalue weighted by Crippen LogP contribution is -2.43. The van der Waals surface area contributed by atoms with Crippen LogP contribution in [0.1, 0.15) is 0 Å². The molecule has 2 aromatic rings. The quantitative estimate of drug-likeness (QED) is 0.783. The molecule has 2 aromatic carbocycles. The Hall–Kier alpha value is -1.74. The molecule has 3 rings (SSSR count). The summed E-state index contributed by atoms with van der Waals surface area (Å²) in [5.74, 6) is 0.372. The van der Waals surface area contributed by atoms with Gasteiger partial charge in [-0.25, -0.2) is 0 Å². The van der Waals surface area contributed by atoms with Gasteiger partial charge in [0.1, 0.15) is 5.75 Å². The van der Waals surface area contributed by atoms with Gasteiger partial charge in [0.2, 0.25) is 0 Å². The minimum absolute atomic E-state index is 0.372. The number of aromatic hydroxyl groups is 1. The van der Waals surface area contributed by atoms with Gasteiger partial charge in [0, 0.05) is 37.3 Å². The number of hydrogen-bond donors (Lipinski definition) is 2. The lowest BCUT2D eigenvalue weighted by molar-refractivity contribution is 0.481. The van der Waals surface area contributed by atoms with Crippen molar-refractivity contribution in [1.29, 1.82) is 0 Å². The van der Waals surface area contributed by atoms with E-state index in [1.54, 1.807) is 6.07 Å². The van der Waals surface area contributed by atoms with Crippen LogP contribution in [0.15, 0.2) is 36.4 Å². The number of anilines is 1. The maximum absolute atomic E-state index is 10.0. The highest BCUT2D eigenvalue weighted by atomic mass is 16.3. The second kappa shape index (κ2) is 4.26. The minimum atomic E-state index is 0.372. The predicted octanol–water partition coefficient (Wildman–Crippen LogP) is 1.95. The molecule has 3 nitrogen and oxygen atoms in total. The highest BCUT2D eigenvalue weighted by Crippen LogP contribution is 2.33. The van der Waals surface area contributed by atoms with Crippen LogP contribution in [0.2, 0.25) is 0 Å². The van der Waals surface area contributed by atoms with Gasteiger partial charge in [-0.15, -0.1) is 0 Å². The van der Waals surface area contributed by atoms with E-state index in [0.29, 0.717) is 5.75 Å². The lowest BCUT2D eigenvalue weighted by Gasteiger charge is -2.30. The summed E-state index contributed by atoms with van der Waals surface area (Å²) in [5.41, 5.74) is 1.14. The van der Waals surface area contributed by atoms with Crippen molar-refractivity contribution >= 4 is 16.5 Å². The molecule has 0 aromatic heterocycles. The molecular formula is C14H16N2O. The number of fused-ring (bicyclic) bond motifs is 1. The molecular weight excluding hydrogens is 212 g/mol. The van der Waals surface area contributed by atoms with E-state index in [-0.39, 0.29) is 0 Å². The average Bonchev–Trinajstić information content (AvgIpc) is 2.39. The van der Waals surface area contributed by atoms with E-state index < -0.39 is 0 Å². The SMILES string of the molecule is Oc1cccc2cccc(N3CCNCC3)c12. The van der Waals surface area contributed by atoms with Crippen molar-refractivity contribution in [3.05, 3.63) is 36.4 Å². The predicted molar refractivity (Wildman–Crippen MR) is 70.7 cm³/mol. The number of nitrogens with one attached hydrogen (secondary N) is 1. The summed E-state index contributed by atoms with van der Waals surface area (Å²) in [7, 11) is 0. The van der Waals surface area contributed by atoms with Gasteiger partial charge in [0.15, 0.2) is 0 Å². The standard InChI is InChI=1S/C14H16N2O/c17-13-6-2-4-11-3-1-5-12(14(11)13)16-9-7-15-8-10-16/h1-6,15,17H,7-10H2. The fourth-order valence-corrected chi connectivity index (χ4v) is 2.47. The number of rotatable bonds is 1. The van der Waals surface area contributed by atoms with Gasteiger partial charge >= 0.3 is 0 Å². The Morgan fingerprint density at radius 3 is 2.47 bits per heavy atom. The van der Waals surface area contributed by atoms with Crippen LogP contribution in [-0.4, -0.2) is 31.3 Å². The van der Waals surface area contributed by atoms with E-state index in [4.69, 9.17) is 0 Å². The molecule has 0 atom stereocenters. The number of phenols is 1. The van der Waals surface area contributed by atoms with Crippen molar-refractivity contribution in [2.75, 3.05) is 31.1 Å². The van der Waals surface area contributed by atoms with E-state index in [0.717, 1.165) is 42.6 Å². The maximum Gasteiger partial charge on any atom is 0.125 e. The lowest BCUT2D eigenvalue weighted by atomic mass is 10.1. The zero-order valence-corrected chi connectivity index (χ0v) is 9.69. The summed E-state index contributed by atoms with van der Waals surface area (Å²) in [6, 6.07) is 11.9. The molecule has 0 saturated carbocycles. The molecule has 3 heteroatoms. The van der Waals surface area contributed by atoms with Crippen LogP contribution in [0.25, 0.3) is 10.8 Å². The Labute approximate surface area is 101 Å². The fourth-order valence-electron chi connectivity index (χ4n) is 2.47. The number of phenolic OH excluding ortho intramolecular Hbond substituents is 1. The first-order valence-electron chi connectivity index (χ1n) is 6.02. The van der Waals surface area contributed by atoms with Gasteiger partial charge in [0.05, 0.1) is 0 Å². The average molecular weight is 228 g/mol. The van der Waals surface area contributed by atoms with Crippen molar-refractivity contribution in [1.82, 2.24) is 5.32 Å². The maximum atomic E-state index is 10.0. The summed E-state index contributed by atoms with van der Waals surface area (Å²) in [4.78, 5) is 2.33. The first-order chi connectivity index (χ1) is 8.36. The van der Waals surface area contributed by atoms with Gasteiger partial charge in [-0.3, -0.25) is 0 Å². The number of hydrogen-bond acceptors (Lipinski definition) is 3. The smallest absolute Gasteiger partial charge is 0.125 e. The molecule has 0 bridgehead atoms. The Kier molecular flexibility index (Phi) is 2.61. The van der Waals surface area contributed by atoms with Gasteiger partial charge in [-0.1, -0.05) is 24.3 Å². The van der Waals surface area contributed by atoms with Gasteiger partial charge in [-0.05, 0) is 17.5 Å². The minimum Gasteiger partial charge on any atom is -0.507 e. The second-order valence-corrected chi connectivity index (χ2v) is 4.39. The zero-order chi connectivity index (χ0) is 11.7. The highest BCUT2D eigenvalue weighted by molar-refractivity contribution is 5.98. The number of nitrogens with zero attached hydrogens (tertiary/aromatic N) is 1. The fraction of sp³-hybridized carbons (Fsp3) is 0.286. The largest absolute Gasteiger partial charge is 0.507 e. The van der Waals surface area contributed by atoms with E-state index in [1.165, 1.54) is 0 Å². The van der Waals surface area contributed by atoms with Crippen LogP contribution < -0.4 is 10.2 Å². The molecule has 0 aliphatic carbocycles. The Morgan fingerprint density at radius 1 is 1.00 bits per heavy atom. The number of piperazine rings is 1. The first-order valence-corrected chi connectivity index (χ1v) is 6.02. The summed E-state index contributed by atoms with van der Waals surface area (Å²) in [6.45, 7) is 3.99. The van der Waals surface area contributed by atoms with Gasteiger partial charge in [0.25, 0.3) is 0 Å². The van der Waals surface area contributed by atoms with Crippen LogP contribution >= 0.6 is 0 Å². The van der Waals surface area contributed by atoms with Crippen LogP contribution in [-0.2, 0) is 0 Å². The molecule has 1 fully saturated rings. The zero-order valence-electron chi connectivity index (χ0n) is 9.69. The van der Waals surface area contributed by atoms with Crippen molar-refractivity contribution in [2.45, 2.75) is 0 Å². The molecule has 0 unspecified atom stereocenters. The second-order valence-electron chi connectivity index (χ2n) is 4.39. The normalized spacial score (nSPS) is 16.4. The van der Waals surface area contributed by atoms with Gasteiger partial charge in [-0.2, -0.15) is 0 Å². The molecule has 0 amide bonds. The van der Waals surface area contributed by atoms with Crippen molar-refractivity contribution in [2.24, 2.45) is 0 Å². The Bertz CT molecular complexity index is 527. The van der Waals surface area contributed by atoms with Crippen molar-refractivity contribution in [3.63, 3.8) is 0 Å². The van der Waals surface area contributed by atoms with E-state index in [9.17, 15) is 5.11 Å². The van der Waals surface area contributed by atoms with Crippen LogP contribution in [0.4, 0.5) is 5.69 Å². The van der Waals surface area contributed by atoms with E-state index in [2.05, 4.69) is 22.3 Å². The van der Waals surface area contributed by atoms with Crippen LogP contribution in [0.5, 0.6) is 5.75 Å². The monoisotopic (exact) mass is 228 g/mol. The highest BCUT2D eigenvalue weighted by Gasteiger charge is 2.14. The van der Waals surface area contributed by atoms with E-state index in [1.807, 2.05) is 18.2 Å². The third kappa shape index (κ3) is 1.83. The molecule has 1 aliphatic heterocycles. The molecule has 1 heterocycles. The molecule has 0 radical (unpaired) electrons. The number of benzene rings is 2.